The first kappa shape index (κ1) is 14.7. The van der Waals surface area contributed by atoms with Crippen molar-refractivity contribution >= 4 is 17.3 Å². The molecule has 1 aliphatic carbocycles. The van der Waals surface area contributed by atoms with Gasteiger partial charge in [0.05, 0.1) is 0 Å². The molecule has 0 atom stereocenters. The summed E-state index contributed by atoms with van der Waals surface area (Å²) in [5.41, 5.74) is 3.25. The maximum Gasteiger partial charge on any atom is 0.212 e. The van der Waals surface area contributed by atoms with Crippen LogP contribution in [0.5, 0.6) is 0 Å². The van der Waals surface area contributed by atoms with Gasteiger partial charge < -0.3 is 10.2 Å². The molecule has 4 nitrogen and oxygen atoms in total. The molecule has 0 saturated heterocycles. The lowest BCUT2D eigenvalue weighted by molar-refractivity contribution is 0.0973. The fraction of sp³-hybridized carbons (Fsp3) is 0.200. The highest BCUT2D eigenvalue weighted by Gasteiger charge is 2.47. The molecule has 0 unspecified atom stereocenters. The smallest absolute Gasteiger partial charge is 0.212 e. The summed E-state index contributed by atoms with van der Waals surface area (Å²) in [6.45, 7) is 5.96. The second-order valence-electron chi connectivity index (χ2n) is 6.78. The number of hydrogen-bond donors (Lipinski definition) is 1. The predicted octanol–water partition coefficient (Wildman–Crippen LogP) is 3.43. The van der Waals surface area contributed by atoms with Crippen molar-refractivity contribution < 1.29 is 9.59 Å². The standard InChI is InChI=1S/C20H18N2O2/c1-12-8-10-13(11-9-12)22-17-16(21-20(22,2)3)18(23)14-6-4-5-7-15(14)19(17)24/h4-11,21H,1-3H3. The third-order valence-electron chi connectivity index (χ3n) is 4.60. The molecule has 1 aliphatic heterocycles. The van der Waals surface area contributed by atoms with E-state index in [1.165, 1.54) is 0 Å². The normalized spacial score (nSPS) is 18.4. The van der Waals surface area contributed by atoms with Crippen molar-refractivity contribution in [2.75, 3.05) is 4.90 Å². The Bertz CT molecular complexity index is 907. The van der Waals surface area contributed by atoms with Gasteiger partial charge in [0.15, 0.2) is 0 Å². The van der Waals surface area contributed by atoms with E-state index < -0.39 is 5.66 Å². The number of carbonyl (C=O) groups is 2. The first-order valence-corrected chi connectivity index (χ1v) is 7.98. The monoisotopic (exact) mass is 318 g/mol. The zero-order valence-electron chi connectivity index (χ0n) is 13.9. The Balaban J connectivity index is 1.91. The van der Waals surface area contributed by atoms with Crippen LogP contribution in [0.15, 0.2) is 59.9 Å². The Hall–Kier alpha value is -2.88. The second-order valence-corrected chi connectivity index (χ2v) is 6.78. The van der Waals surface area contributed by atoms with Crippen molar-refractivity contribution in [1.29, 1.82) is 0 Å². The molecule has 2 aliphatic rings. The minimum atomic E-state index is -0.562. The summed E-state index contributed by atoms with van der Waals surface area (Å²) >= 11 is 0. The maximum absolute atomic E-state index is 13.1. The van der Waals surface area contributed by atoms with Gasteiger partial charge in [-0.3, -0.25) is 9.59 Å². The number of fused-ring (bicyclic) bond motifs is 1. The van der Waals surface area contributed by atoms with Crippen molar-refractivity contribution in [3.8, 4) is 0 Å². The van der Waals surface area contributed by atoms with E-state index in [0.29, 0.717) is 22.5 Å². The number of Topliss-reactive ketones (excluding diaryl/α,β-unsaturated/α-hetero) is 2. The summed E-state index contributed by atoms with van der Waals surface area (Å²) in [5, 5.41) is 3.25. The molecule has 24 heavy (non-hydrogen) atoms. The number of nitrogens with zero attached hydrogens (tertiary/aromatic N) is 1. The number of aryl methyl sites for hydroxylation is 1. The number of hydrogen-bond acceptors (Lipinski definition) is 4. The lowest BCUT2D eigenvalue weighted by Gasteiger charge is -2.35. The van der Waals surface area contributed by atoms with Crippen molar-refractivity contribution in [3.63, 3.8) is 0 Å². The number of anilines is 1. The van der Waals surface area contributed by atoms with Gasteiger partial charge in [-0.15, -0.1) is 0 Å². The molecule has 1 N–H and O–H groups in total. The number of benzene rings is 2. The van der Waals surface area contributed by atoms with E-state index in [2.05, 4.69) is 5.32 Å². The van der Waals surface area contributed by atoms with Gasteiger partial charge in [0.1, 0.15) is 17.1 Å². The molecule has 1 heterocycles. The average molecular weight is 318 g/mol. The number of allylic oxidation sites excluding steroid dienone is 2. The third-order valence-corrected chi connectivity index (χ3v) is 4.60. The van der Waals surface area contributed by atoms with E-state index in [9.17, 15) is 9.59 Å². The van der Waals surface area contributed by atoms with Crippen molar-refractivity contribution in [2.24, 2.45) is 0 Å². The molecule has 0 fully saturated rings. The Morgan fingerprint density at radius 2 is 1.46 bits per heavy atom. The van der Waals surface area contributed by atoms with Crippen LogP contribution in [0.3, 0.4) is 0 Å². The van der Waals surface area contributed by atoms with Gasteiger partial charge in [0, 0.05) is 16.8 Å². The quantitative estimate of drug-likeness (QED) is 0.875. The minimum Gasteiger partial charge on any atom is -0.358 e. The van der Waals surface area contributed by atoms with Crippen LogP contribution < -0.4 is 10.2 Å². The van der Waals surface area contributed by atoms with Gasteiger partial charge >= 0.3 is 0 Å². The fourth-order valence-corrected chi connectivity index (χ4v) is 3.48. The predicted molar refractivity (Wildman–Crippen MR) is 93.0 cm³/mol. The summed E-state index contributed by atoms with van der Waals surface area (Å²) in [5.74, 6) is -0.235. The van der Waals surface area contributed by atoms with E-state index in [0.717, 1.165) is 11.3 Å². The molecule has 120 valence electrons. The average Bonchev–Trinajstić information content (AvgIpc) is 2.85. The van der Waals surface area contributed by atoms with E-state index in [1.807, 2.05) is 49.9 Å². The lowest BCUT2D eigenvalue weighted by atomic mass is 9.90. The SMILES string of the molecule is Cc1ccc(N2C3=C(NC2(C)C)C(=O)c2ccccc2C3=O)cc1. The molecule has 0 radical (unpaired) electrons. The molecule has 4 rings (SSSR count). The van der Waals surface area contributed by atoms with E-state index in [1.54, 1.807) is 24.3 Å². The number of ketones is 2. The van der Waals surface area contributed by atoms with Gasteiger partial charge in [0.25, 0.3) is 0 Å². The van der Waals surface area contributed by atoms with E-state index in [-0.39, 0.29) is 11.6 Å². The summed E-state index contributed by atoms with van der Waals surface area (Å²) in [7, 11) is 0. The van der Waals surface area contributed by atoms with Gasteiger partial charge in [0.2, 0.25) is 11.6 Å². The van der Waals surface area contributed by atoms with E-state index in [4.69, 9.17) is 0 Å². The molecule has 0 bridgehead atoms. The highest BCUT2D eigenvalue weighted by molar-refractivity contribution is 6.28. The van der Waals surface area contributed by atoms with Crippen LogP contribution >= 0.6 is 0 Å². The molecular weight excluding hydrogens is 300 g/mol. The molecular formula is C20H18N2O2. The fourth-order valence-electron chi connectivity index (χ4n) is 3.48. The topological polar surface area (TPSA) is 49.4 Å². The zero-order chi connectivity index (χ0) is 17.1. The summed E-state index contributed by atoms with van der Waals surface area (Å²) in [6.07, 6.45) is 0. The summed E-state index contributed by atoms with van der Waals surface area (Å²) < 4.78 is 0. The molecule has 0 saturated carbocycles. The Kier molecular flexibility index (Phi) is 2.94. The van der Waals surface area contributed by atoms with Crippen LogP contribution in [0.25, 0.3) is 0 Å². The lowest BCUT2D eigenvalue weighted by Crippen LogP contribution is -2.48. The van der Waals surface area contributed by atoms with Gasteiger partial charge in [-0.05, 0) is 32.9 Å². The first-order valence-electron chi connectivity index (χ1n) is 7.98. The highest BCUT2D eigenvalue weighted by atomic mass is 16.1. The van der Waals surface area contributed by atoms with E-state index >= 15 is 0 Å². The minimum absolute atomic E-state index is 0.112. The summed E-state index contributed by atoms with van der Waals surface area (Å²) in [4.78, 5) is 27.9. The van der Waals surface area contributed by atoms with Gasteiger partial charge in [-0.2, -0.15) is 0 Å². The first-order chi connectivity index (χ1) is 11.4. The third kappa shape index (κ3) is 1.92. The van der Waals surface area contributed by atoms with Gasteiger partial charge in [-0.1, -0.05) is 42.0 Å². The zero-order valence-corrected chi connectivity index (χ0v) is 13.9. The largest absolute Gasteiger partial charge is 0.358 e. The van der Waals surface area contributed by atoms with Crippen molar-refractivity contribution in [2.45, 2.75) is 26.4 Å². The molecule has 0 amide bonds. The Morgan fingerprint density at radius 1 is 0.875 bits per heavy atom. The Morgan fingerprint density at radius 3 is 2.08 bits per heavy atom. The van der Waals surface area contributed by atoms with Crippen LogP contribution in [0.1, 0.15) is 40.1 Å². The van der Waals surface area contributed by atoms with Crippen LogP contribution in [0.4, 0.5) is 5.69 Å². The summed E-state index contributed by atoms with van der Waals surface area (Å²) in [6, 6.07) is 15.0. The van der Waals surface area contributed by atoms with Crippen LogP contribution in [0, 0.1) is 6.92 Å². The molecule has 0 aromatic heterocycles. The van der Waals surface area contributed by atoms with Crippen LogP contribution in [0.2, 0.25) is 0 Å². The highest BCUT2D eigenvalue weighted by Crippen LogP contribution is 2.39. The van der Waals surface area contributed by atoms with Crippen LogP contribution in [-0.2, 0) is 0 Å². The number of rotatable bonds is 1. The molecule has 2 aromatic carbocycles. The molecule has 4 heteroatoms. The van der Waals surface area contributed by atoms with Gasteiger partial charge in [-0.25, -0.2) is 0 Å². The second kappa shape index (κ2) is 4.81. The van der Waals surface area contributed by atoms with Crippen molar-refractivity contribution in [1.82, 2.24) is 5.32 Å². The number of nitrogens with one attached hydrogen (secondary N) is 1. The van der Waals surface area contributed by atoms with Crippen molar-refractivity contribution in [3.05, 3.63) is 76.6 Å². The van der Waals surface area contributed by atoms with Crippen LogP contribution in [-0.4, -0.2) is 17.2 Å². The maximum atomic E-state index is 13.1. The number of carbonyl (C=O) groups excluding carboxylic acids is 2. The molecule has 0 spiro atoms. The molecule has 2 aromatic rings. The Labute approximate surface area is 140 Å².